The van der Waals surface area contributed by atoms with Gasteiger partial charge in [0.05, 0.1) is 16.7 Å². The van der Waals surface area contributed by atoms with Gasteiger partial charge in [-0.1, -0.05) is 30.7 Å². The number of rotatable bonds is 4. The molecule has 20 heavy (non-hydrogen) atoms. The zero-order valence-corrected chi connectivity index (χ0v) is 12.0. The van der Waals surface area contributed by atoms with Crippen molar-refractivity contribution in [1.29, 1.82) is 0 Å². The molecule has 0 saturated heterocycles. The molecule has 0 aliphatic rings. The normalized spacial score (nSPS) is 11.1. The third-order valence-corrected chi connectivity index (χ3v) is 3.42. The number of hydrogen-bond donors (Lipinski definition) is 0. The molecule has 0 spiro atoms. The van der Waals surface area contributed by atoms with Crippen molar-refractivity contribution < 1.29 is 0 Å². The molecule has 0 aliphatic carbocycles. The van der Waals surface area contributed by atoms with E-state index in [1.165, 1.54) is 11.8 Å². The molecule has 0 aliphatic heterocycles. The lowest BCUT2D eigenvalue weighted by atomic mass is 10.3. The zero-order valence-electron chi connectivity index (χ0n) is 11.3. The number of benzene rings is 1. The quantitative estimate of drug-likeness (QED) is 0.690. The van der Waals surface area contributed by atoms with E-state index in [-0.39, 0.29) is 0 Å². The van der Waals surface area contributed by atoms with Crippen LogP contribution in [0.25, 0.3) is 11.0 Å². The summed E-state index contributed by atoms with van der Waals surface area (Å²) in [6.45, 7) is 3.12. The first-order valence-corrected chi connectivity index (χ1v) is 7.06. The molecule has 0 amide bonds. The van der Waals surface area contributed by atoms with Gasteiger partial charge in [0.2, 0.25) is 0 Å². The largest absolute Gasteiger partial charge is 0.328 e. The van der Waals surface area contributed by atoms with Crippen molar-refractivity contribution in [3.8, 4) is 0 Å². The number of para-hydroxylation sites is 2. The third-order valence-electron chi connectivity index (χ3n) is 3.21. The third kappa shape index (κ3) is 2.51. The molecular formula is C15H15ClN4. The number of nitrogens with zero attached hydrogens (tertiary/aromatic N) is 4. The number of hydrogen-bond acceptors (Lipinski definition) is 3. The topological polar surface area (TPSA) is 43.6 Å². The minimum atomic E-state index is 0.466. The lowest BCUT2D eigenvalue weighted by Crippen LogP contribution is -2.05. The molecule has 0 fully saturated rings. The summed E-state index contributed by atoms with van der Waals surface area (Å²) < 4.78 is 2.26. The summed E-state index contributed by atoms with van der Waals surface area (Å²) in [6.07, 6.45) is 3.22. The van der Waals surface area contributed by atoms with Crippen LogP contribution in [0.3, 0.4) is 0 Å². The van der Waals surface area contributed by atoms with Crippen LogP contribution in [0.4, 0.5) is 0 Å². The second kappa shape index (κ2) is 5.59. The van der Waals surface area contributed by atoms with Gasteiger partial charge in [-0.05, 0) is 24.6 Å². The summed E-state index contributed by atoms with van der Waals surface area (Å²) in [5.74, 6) is 1.02. The fourth-order valence-corrected chi connectivity index (χ4v) is 2.53. The Hall–Kier alpha value is -1.94. The molecule has 3 aromatic rings. The summed E-state index contributed by atoms with van der Waals surface area (Å²) in [7, 11) is 0. The summed E-state index contributed by atoms with van der Waals surface area (Å²) in [4.78, 5) is 12.9. The number of halogens is 1. The van der Waals surface area contributed by atoms with Gasteiger partial charge in [0.1, 0.15) is 17.3 Å². The van der Waals surface area contributed by atoms with Crippen LogP contribution in [0.15, 0.2) is 36.7 Å². The summed E-state index contributed by atoms with van der Waals surface area (Å²) in [5.41, 5.74) is 3.08. The van der Waals surface area contributed by atoms with E-state index in [0.29, 0.717) is 11.6 Å². The van der Waals surface area contributed by atoms with Gasteiger partial charge < -0.3 is 4.57 Å². The van der Waals surface area contributed by atoms with Crippen LogP contribution < -0.4 is 0 Å². The highest BCUT2D eigenvalue weighted by molar-refractivity contribution is 6.29. The van der Waals surface area contributed by atoms with E-state index in [9.17, 15) is 0 Å². The van der Waals surface area contributed by atoms with Gasteiger partial charge in [-0.3, -0.25) is 0 Å². The highest BCUT2D eigenvalue weighted by Crippen LogP contribution is 2.19. The molecule has 0 unspecified atom stereocenters. The van der Waals surface area contributed by atoms with Crippen molar-refractivity contribution >= 4 is 22.6 Å². The Kier molecular flexibility index (Phi) is 3.65. The molecule has 3 rings (SSSR count). The first kappa shape index (κ1) is 13.1. The molecule has 0 saturated carbocycles. The lowest BCUT2D eigenvalue weighted by molar-refractivity contribution is 0.661. The van der Waals surface area contributed by atoms with Crippen LogP contribution in [-0.2, 0) is 13.0 Å². The van der Waals surface area contributed by atoms with E-state index >= 15 is 0 Å². The second-order valence-electron chi connectivity index (χ2n) is 4.68. The number of imidazole rings is 1. The number of fused-ring (bicyclic) bond motifs is 1. The van der Waals surface area contributed by atoms with E-state index in [0.717, 1.165) is 30.0 Å². The van der Waals surface area contributed by atoms with Gasteiger partial charge >= 0.3 is 0 Å². The maximum Gasteiger partial charge on any atom is 0.132 e. The Morgan fingerprint density at radius 3 is 2.85 bits per heavy atom. The Balaban J connectivity index is 2.04. The maximum atomic E-state index is 5.91. The Labute approximate surface area is 122 Å². The predicted molar refractivity (Wildman–Crippen MR) is 79.9 cm³/mol. The Morgan fingerprint density at radius 2 is 2.05 bits per heavy atom. The molecule has 0 N–H and O–H groups in total. The summed E-state index contributed by atoms with van der Waals surface area (Å²) in [6, 6.07) is 9.99. The summed E-state index contributed by atoms with van der Waals surface area (Å²) in [5, 5.41) is 0.466. The first-order chi connectivity index (χ1) is 9.78. The molecule has 2 heterocycles. The van der Waals surface area contributed by atoms with Gasteiger partial charge in [-0.15, -0.1) is 0 Å². The predicted octanol–water partition coefficient (Wildman–Crippen LogP) is 3.48. The Bertz CT molecular complexity index is 736. The van der Waals surface area contributed by atoms with E-state index in [1.54, 1.807) is 6.07 Å². The van der Waals surface area contributed by atoms with Crippen LogP contribution in [0.1, 0.15) is 24.9 Å². The van der Waals surface area contributed by atoms with Gasteiger partial charge in [0.25, 0.3) is 0 Å². The smallest absolute Gasteiger partial charge is 0.132 e. The average Bonchev–Trinajstić information content (AvgIpc) is 2.77. The van der Waals surface area contributed by atoms with Crippen molar-refractivity contribution in [2.75, 3.05) is 0 Å². The zero-order chi connectivity index (χ0) is 13.9. The molecule has 2 aromatic heterocycles. The molecule has 4 nitrogen and oxygen atoms in total. The van der Waals surface area contributed by atoms with E-state index in [2.05, 4.69) is 27.5 Å². The average molecular weight is 287 g/mol. The molecule has 0 bridgehead atoms. The van der Waals surface area contributed by atoms with E-state index in [1.807, 2.05) is 18.2 Å². The van der Waals surface area contributed by atoms with Gasteiger partial charge in [0.15, 0.2) is 0 Å². The monoisotopic (exact) mass is 286 g/mol. The molecule has 0 atom stereocenters. The fourth-order valence-electron chi connectivity index (χ4n) is 2.36. The molecule has 1 aromatic carbocycles. The van der Waals surface area contributed by atoms with Crippen LogP contribution >= 0.6 is 11.6 Å². The van der Waals surface area contributed by atoms with E-state index in [4.69, 9.17) is 16.6 Å². The standard InChI is InChI=1S/C15H15ClN4/c1-2-7-20-13-6-4-3-5-12(13)19-15(20)9-11-8-14(16)18-10-17-11/h3-6,8,10H,2,7,9H2,1H3. The highest BCUT2D eigenvalue weighted by atomic mass is 35.5. The molecule has 102 valence electrons. The van der Waals surface area contributed by atoms with Crippen LogP contribution in [0.5, 0.6) is 0 Å². The van der Waals surface area contributed by atoms with Gasteiger partial charge in [-0.2, -0.15) is 0 Å². The van der Waals surface area contributed by atoms with Crippen LogP contribution in [0, 0.1) is 0 Å². The minimum absolute atomic E-state index is 0.466. The second-order valence-corrected chi connectivity index (χ2v) is 5.06. The fraction of sp³-hybridized carbons (Fsp3) is 0.267. The minimum Gasteiger partial charge on any atom is -0.328 e. The molecular weight excluding hydrogens is 272 g/mol. The summed E-state index contributed by atoms with van der Waals surface area (Å²) >= 11 is 5.91. The van der Waals surface area contributed by atoms with Gasteiger partial charge in [-0.25, -0.2) is 15.0 Å². The van der Waals surface area contributed by atoms with Crippen LogP contribution in [-0.4, -0.2) is 19.5 Å². The highest BCUT2D eigenvalue weighted by Gasteiger charge is 2.11. The SMILES string of the molecule is CCCn1c(Cc2cc(Cl)ncn2)nc2ccccc21. The van der Waals surface area contributed by atoms with Crippen LogP contribution in [0.2, 0.25) is 5.15 Å². The maximum absolute atomic E-state index is 5.91. The molecule has 0 radical (unpaired) electrons. The van der Waals surface area contributed by atoms with Crippen molar-refractivity contribution in [2.45, 2.75) is 26.3 Å². The van der Waals surface area contributed by atoms with Crippen molar-refractivity contribution in [3.63, 3.8) is 0 Å². The first-order valence-electron chi connectivity index (χ1n) is 6.68. The van der Waals surface area contributed by atoms with Crippen molar-refractivity contribution in [2.24, 2.45) is 0 Å². The lowest BCUT2D eigenvalue weighted by Gasteiger charge is -2.07. The molecule has 5 heteroatoms. The van der Waals surface area contributed by atoms with Crippen molar-refractivity contribution in [1.82, 2.24) is 19.5 Å². The van der Waals surface area contributed by atoms with Crippen molar-refractivity contribution in [3.05, 3.63) is 53.3 Å². The van der Waals surface area contributed by atoms with E-state index < -0.39 is 0 Å². The number of aromatic nitrogens is 4. The Morgan fingerprint density at radius 1 is 1.20 bits per heavy atom. The van der Waals surface area contributed by atoms with Gasteiger partial charge in [0, 0.05) is 13.0 Å². The number of aryl methyl sites for hydroxylation is 1.